The summed E-state index contributed by atoms with van der Waals surface area (Å²) < 4.78 is 5.12. The molecule has 0 radical (unpaired) electrons. The Morgan fingerprint density at radius 3 is 3.00 bits per heavy atom. The van der Waals surface area contributed by atoms with Gasteiger partial charge in [-0.3, -0.25) is 0 Å². The van der Waals surface area contributed by atoms with E-state index in [1.54, 1.807) is 0 Å². The molecule has 4 nitrogen and oxygen atoms in total. The van der Waals surface area contributed by atoms with Gasteiger partial charge >= 0.3 is 0 Å². The van der Waals surface area contributed by atoms with Crippen molar-refractivity contribution < 1.29 is 4.52 Å². The van der Waals surface area contributed by atoms with E-state index in [4.69, 9.17) is 10.3 Å². The molecule has 0 spiro atoms. The van der Waals surface area contributed by atoms with Crippen molar-refractivity contribution in [1.29, 1.82) is 0 Å². The molecule has 1 aromatic rings. The summed E-state index contributed by atoms with van der Waals surface area (Å²) in [6.07, 6.45) is 5.20. The molecule has 1 unspecified atom stereocenters. The molecule has 4 heteroatoms. The van der Waals surface area contributed by atoms with Crippen LogP contribution in [0, 0.1) is 5.92 Å². The second kappa shape index (κ2) is 4.09. The topological polar surface area (TPSA) is 64.9 Å². The second-order valence-electron chi connectivity index (χ2n) is 4.06. The molecule has 1 heterocycles. The van der Waals surface area contributed by atoms with Gasteiger partial charge in [-0.05, 0) is 25.2 Å². The van der Waals surface area contributed by atoms with E-state index in [0.29, 0.717) is 11.8 Å². The Hall–Kier alpha value is -0.900. The van der Waals surface area contributed by atoms with Gasteiger partial charge in [0.05, 0.1) is 0 Å². The van der Waals surface area contributed by atoms with E-state index in [-0.39, 0.29) is 6.04 Å². The van der Waals surface area contributed by atoms with E-state index in [9.17, 15) is 0 Å². The Bertz CT molecular complexity index is 293. The first kappa shape index (κ1) is 9.65. The zero-order valence-electron chi connectivity index (χ0n) is 8.57. The number of nitrogens with two attached hydrogens (primary N) is 1. The third-order valence-corrected chi connectivity index (χ3v) is 2.62. The van der Waals surface area contributed by atoms with Crippen LogP contribution in [0.3, 0.4) is 0 Å². The minimum absolute atomic E-state index is 0.213. The fourth-order valence-electron chi connectivity index (χ4n) is 1.59. The van der Waals surface area contributed by atoms with E-state index in [0.717, 1.165) is 25.1 Å². The molecule has 0 aromatic carbocycles. The lowest BCUT2D eigenvalue weighted by Crippen LogP contribution is -2.25. The largest absolute Gasteiger partial charge is 0.339 e. The number of aryl methyl sites for hydroxylation is 1. The van der Waals surface area contributed by atoms with Crippen molar-refractivity contribution in [3.63, 3.8) is 0 Å². The van der Waals surface area contributed by atoms with Crippen LogP contribution in [0.25, 0.3) is 0 Å². The van der Waals surface area contributed by atoms with Crippen molar-refractivity contribution in [3.8, 4) is 0 Å². The van der Waals surface area contributed by atoms with Crippen molar-refractivity contribution in [1.82, 2.24) is 10.1 Å². The SMILES string of the molecule is CCCc1noc(CC(N)C2CC2)n1. The van der Waals surface area contributed by atoms with Crippen LogP contribution in [-0.4, -0.2) is 16.2 Å². The standard InChI is InChI=1S/C10H17N3O/c1-2-3-9-12-10(14-13-9)6-8(11)7-4-5-7/h7-8H,2-6,11H2,1H3. The maximum absolute atomic E-state index is 5.97. The second-order valence-corrected chi connectivity index (χ2v) is 4.06. The van der Waals surface area contributed by atoms with Crippen LogP contribution in [0.1, 0.15) is 37.9 Å². The van der Waals surface area contributed by atoms with E-state index in [1.807, 2.05) is 0 Å². The van der Waals surface area contributed by atoms with Gasteiger partial charge < -0.3 is 10.3 Å². The molecule has 0 saturated heterocycles. The van der Waals surface area contributed by atoms with Gasteiger partial charge in [0.15, 0.2) is 5.82 Å². The predicted octanol–water partition coefficient (Wildman–Crippen LogP) is 1.30. The Morgan fingerprint density at radius 1 is 1.57 bits per heavy atom. The summed E-state index contributed by atoms with van der Waals surface area (Å²) in [5.74, 6) is 2.20. The molecule has 1 atom stereocenters. The molecule has 14 heavy (non-hydrogen) atoms. The fraction of sp³-hybridized carbons (Fsp3) is 0.800. The number of nitrogens with zero attached hydrogens (tertiary/aromatic N) is 2. The van der Waals surface area contributed by atoms with E-state index in [2.05, 4.69) is 17.1 Å². The molecule has 1 aromatic heterocycles. The fourth-order valence-corrected chi connectivity index (χ4v) is 1.59. The van der Waals surface area contributed by atoms with Gasteiger partial charge in [0.1, 0.15) is 0 Å². The van der Waals surface area contributed by atoms with Crippen LogP contribution in [0.5, 0.6) is 0 Å². The Morgan fingerprint density at radius 2 is 2.36 bits per heavy atom. The third kappa shape index (κ3) is 2.32. The molecule has 0 amide bonds. The summed E-state index contributed by atoms with van der Waals surface area (Å²) in [6.45, 7) is 2.10. The average Bonchev–Trinajstić information content (AvgIpc) is 2.92. The van der Waals surface area contributed by atoms with Gasteiger partial charge in [-0.1, -0.05) is 12.1 Å². The number of aromatic nitrogens is 2. The zero-order valence-corrected chi connectivity index (χ0v) is 8.57. The maximum atomic E-state index is 5.97. The summed E-state index contributed by atoms with van der Waals surface area (Å²) in [5, 5.41) is 3.90. The minimum atomic E-state index is 0.213. The lowest BCUT2D eigenvalue weighted by atomic mass is 10.1. The summed E-state index contributed by atoms with van der Waals surface area (Å²) in [4.78, 5) is 4.29. The van der Waals surface area contributed by atoms with Crippen molar-refractivity contribution >= 4 is 0 Å². The summed E-state index contributed by atoms with van der Waals surface area (Å²) >= 11 is 0. The summed E-state index contributed by atoms with van der Waals surface area (Å²) in [5.41, 5.74) is 5.97. The van der Waals surface area contributed by atoms with Gasteiger partial charge in [-0.2, -0.15) is 4.98 Å². The first-order chi connectivity index (χ1) is 6.79. The molecule has 2 N–H and O–H groups in total. The molecule has 1 aliphatic carbocycles. The first-order valence-corrected chi connectivity index (χ1v) is 5.36. The van der Waals surface area contributed by atoms with Crippen molar-refractivity contribution in [2.75, 3.05) is 0 Å². The van der Waals surface area contributed by atoms with E-state index in [1.165, 1.54) is 12.8 Å². The highest BCUT2D eigenvalue weighted by Crippen LogP contribution is 2.32. The van der Waals surface area contributed by atoms with E-state index >= 15 is 0 Å². The zero-order chi connectivity index (χ0) is 9.97. The summed E-state index contributed by atoms with van der Waals surface area (Å²) in [6, 6.07) is 0.213. The highest BCUT2D eigenvalue weighted by Gasteiger charge is 2.29. The molecular formula is C10H17N3O. The van der Waals surface area contributed by atoms with Crippen LogP contribution in [-0.2, 0) is 12.8 Å². The van der Waals surface area contributed by atoms with Gasteiger partial charge in [-0.15, -0.1) is 0 Å². The van der Waals surface area contributed by atoms with E-state index < -0.39 is 0 Å². The Kier molecular flexibility index (Phi) is 2.82. The van der Waals surface area contributed by atoms with Crippen molar-refractivity contribution in [2.45, 2.75) is 45.1 Å². The molecule has 1 saturated carbocycles. The van der Waals surface area contributed by atoms with Crippen LogP contribution in [0.4, 0.5) is 0 Å². The first-order valence-electron chi connectivity index (χ1n) is 5.36. The predicted molar refractivity (Wildman–Crippen MR) is 52.7 cm³/mol. The normalized spacial score (nSPS) is 18.4. The lowest BCUT2D eigenvalue weighted by Gasteiger charge is -2.04. The summed E-state index contributed by atoms with van der Waals surface area (Å²) in [7, 11) is 0. The minimum Gasteiger partial charge on any atom is -0.339 e. The van der Waals surface area contributed by atoms with Crippen LogP contribution in [0.15, 0.2) is 4.52 Å². The molecular weight excluding hydrogens is 178 g/mol. The molecule has 0 bridgehead atoms. The maximum Gasteiger partial charge on any atom is 0.228 e. The van der Waals surface area contributed by atoms with Crippen molar-refractivity contribution in [3.05, 3.63) is 11.7 Å². The molecule has 0 aliphatic heterocycles. The van der Waals surface area contributed by atoms with Crippen molar-refractivity contribution in [2.24, 2.45) is 11.7 Å². The quantitative estimate of drug-likeness (QED) is 0.769. The number of rotatable bonds is 5. The monoisotopic (exact) mass is 195 g/mol. The molecule has 78 valence electrons. The smallest absolute Gasteiger partial charge is 0.228 e. The molecule has 1 fully saturated rings. The number of hydrogen-bond donors (Lipinski definition) is 1. The highest BCUT2D eigenvalue weighted by atomic mass is 16.5. The van der Waals surface area contributed by atoms with Crippen LogP contribution >= 0.6 is 0 Å². The third-order valence-electron chi connectivity index (χ3n) is 2.62. The van der Waals surface area contributed by atoms with Crippen LogP contribution in [0.2, 0.25) is 0 Å². The van der Waals surface area contributed by atoms with Gasteiger partial charge in [0, 0.05) is 18.9 Å². The Labute approximate surface area is 83.9 Å². The average molecular weight is 195 g/mol. The molecule has 1 aliphatic rings. The highest BCUT2D eigenvalue weighted by molar-refractivity contribution is 4.93. The van der Waals surface area contributed by atoms with Gasteiger partial charge in [-0.25, -0.2) is 0 Å². The lowest BCUT2D eigenvalue weighted by molar-refractivity contribution is 0.359. The van der Waals surface area contributed by atoms with Gasteiger partial charge in [0.25, 0.3) is 0 Å². The van der Waals surface area contributed by atoms with Crippen LogP contribution < -0.4 is 5.73 Å². The number of hydrogen-bond acceptors (Lipinski definition) is 4. The molecule has 2 rings (SSSR count). The van der Waals surface area contributed by atoms with Gasteiger partial charge in [0.2, 0.25) is 5.89 Å². The Balaban J connectivity index is 1.88.